The molecular formula is C12H18N2O2Sn. The average molecular weight is 341 g/mol. The van der Waals surface area contributed by atoms with E-state index >= 15 is 0 Å². The fourth-order valence-corrected chi connectivity index (χ4v) is 2.10. The van der Waals surface area contributed by atoms with Crippen LogP contribution in [0.1, 0.15) is 5.56 Å². The molecule has 0 atom stereocenters. The van der Waals surface area contributed by atoms with Gasteiger partial charge < -0.3 is 4.90 Å². The number of nitriles is 1. The van der Waals surface area contributed by atoms with Crippen molar-refractivity contribution in [1.29, 1.82) is 5.26 Å². The van der Waals surface area contributed by atoms with Crippen LogP contribution in [0.15, 0.2) is 12.1 Å². The molecule has 0 saturated carbocycles. The number of methoxy groups -OCH3 is 2. The zero-order valence-corrected chi connectivity index (χ0v) is 14.2. The Labute approximate surface area is 116 Å². The van der Waals surface area contributed by atoms with Gasteiger partial charge in [0.15, 0.2) is 0 Å². The topological polar surface area (TPSA) is 45.5 Å². The zero-order chi connectivity index (χ0) is 13.4. The molecule has 17 heavy (non-hydrogen) atoms. The fraction of sp³-hybridized carbons (Fsp3) is 0.417. The van der Waals surface area contributed by atoms with E-state index in [0.717, 1.165) is 26.1 Å². The van der Waals surface area contributed by atoms with Crippen molar-refractivity contribution in [3.63, 3.8) is 0 Å². The SMILES string of the molecule is CN(C)C.COc1cc[c]([SnH])c(OC)c1C#N. The van der Waals surface area contributed by atoms with Crippen molar-refractivity contribution in [1.82, 2.24) is 4.90 Å². The van der Waals surface area contributed by atoms with Crippen LogP contribution in [-0.2, 0) is 0 Å². The predicted octanol–water partition coefficient (Wildman–Crippen LogP) is 0.279. The summed E-state index contributed by atoms with van der Waals surface area (Å²) in [6, 6.07) is 5.79. The Bertz CT molecular complexity index is 397. The van der Waals surface area contributed by atoms with Gasteiger partial charge in [0.05, 0.1) is 0 Å². The number of rotatable bonds is 2. The van der Waals surface area contributed by atoms with Gasteiger partial charge in [0.1, 0.15) is 0 Å². The summed E-state index contributed by atoms with van der Waals surface area (Å²) in [5, 5.41) is 8.89. The Hall–Kier alpha value is -0.931. The van der Waals surface area contributed by atoms with E-state index in [0.29, 0.717) is 17.1 Å². The van der Waals surface area contributed by atoms with Crippen molar-refractivity contribution < 1.29 is 9.47 Å². The first-order valence-corrected chi connectivity index (χ1v) is 6.64. The van der Waals surface area contributed by atoms with Crippen molar-refractivity contribution in [3.05, 3.63) is 17.7 Å². The number of nitrogens with zero attached hydrogens (tertiary/aromatic N) is 2. The summed E-state index contributed by atoms with van der Waals surface area (Å²) < 4.78 is 11.2. The van der Waals surface area contributed by atoms with E-state index in [2.05, 4.69) is 6.07 Å². The molecule has 0 bridgehead atoms. The second-order valence-electron chi connectivity index (χ2n) is 3.72. The minimum atomic E-state index is 0.482. The molecule has 0 amide bonds. The standard InChI is InChI=1S/C9H8NO2.C3H9N.Sn.H/c1-11-8-4-3-5-9(12-2)7(8)6-10;1-4(2)3;;/h3-4H,1-2H3;1-3H3;;. The maximum absolute atomic E-state index is 8.89. The molecule has 0 aliphatic rings. The van der Waals surface area contributed by atoms with Gasteiger partial charge in [-0.1, -0.05) is 0 Å². The van der Waals surface area contributed by atoms with Crippen LogP contribution >= 0.6 is 0 Å². The third-order valence-electron chi connectivity index (χ3n) is 1.69. The van der Waals surface area contributed by atoms with Crippen LogP contribution < -0.4 is 13.1 Å². The first kappa shape index (κ1) is 16.1. The number of hydrogen-bond donors (Lipinski definition) is 0. The normalized spacial score (nSPS) is 9.06. The Morgan fingerprint density at radius 1 is 1.18 bits per heavy atom. The minimum absolute atomic E-state index is 0.482. The molecular weight excluding hydrogens is 323 g/mol. The monoisotopic (exact) mass is 342 g/mol. The van der Waals surface area contributed by atoms with E-state index in [-0.39, 0.29) is 0 Å². The Kier molecular flexibility index (Phi) is 7.75. The molecule has 1 rings (SSSR count). The summed E-state index contributed by atoms with van der Waals surface area (Å²) in [6.07, 6.45) is 0. The zero-order valence-electron chi connectivity index (χ0n) is 10.9. The van der Waals surface area contributed by atoms with Crippen molar-refractivity contribution in [2.24, 2.45) is 0 Å². The molecule has 0 fully saturated rings. The van der Waals surface area contributed by atoms with E-state index in [4.69, 9.17) is 14.7 Å². The van der Waals surface area contributed by atoms with Crippen LogP contribution in [0, 0.1) is 11.3 Å². The first-order valence-electron chi connectivity index (χ1n) is 4.99. The second-order valence-corrected chi connectivity index (χ2v) is 5.49. The number of benzene rings is 1. The molecule has 4 nitrogen and oxygen atoms in total. The van der Waals surface area contributed by atoms with Gasteiger partial charge in [-0.2, -0.15) is 0 Å². The molecule has 92 valence electrons. The van der Waals surface area contributed by atoms with Crippen LogP contribution in [0.4, 0.5) is 0 Å². The number of ether oxygens (including phenoxy) is 2. The molecule has 5 heteroatoms. The van der Waals surface area contributed by atoms with Crippen molar-refractivity contribution in [2.45, 2.75) is 0 Å². The molecule has 2 radical (unpaired) electrons. The van der Waals surface area contributed by atoms with E-state index < -0.39 is 0 Å². The maximum atomic E-state index is 8.89. The van der Waals surface area contributed by atoms with E-state index in [1.54, 1.807) is 20.3 Å². The Morgan fingerprint density at radius 3 is 2.06 bits per heavy atom. The van der Waals surface area contributed by atoms with Crippen molar-refractivity contribution in [3.8, 4) is 17.6 Å². The predicted molar refractivity (Wildman–Crippen MR) is 70.7 cm³/mol. The summed E-state index contributed by atoms with van der Waals surface area (Å²) in [5.41, 5.74) is 0.482. The van der Waals surface area contributed by atoms with Gasteiger partial charge in [-0.25, -0.2) is 0 Å². The van der Waals surface area contributed by atoms with Crippen LogP contribution in [0.3, 0.4) is 0 Å². The quantitative estimate of drug-likeness (QED) is 0.725. The van der Waals surface area contributed by atoms with Crippen LogP contribution in [0.25, 0.3) is 0 Å². The van der Waals surface area contributed by atoms with Gasteiger partial charge in [-0.3, -0.25) is 0 Å². The summed E-state index contributed by atoms with van der Waals surface area (Å²) in [7, 11) is 9.11. The van der Waals surface area contributed by atoms with Crippen LogP contribution in [0.2, 0.25) is 0 Å². The summed E-state index contributed by atoms with van der Waals surface area (Å²) >= 11 is 0.923. The molecule has 0 aliphatic carbocycles. The van der Waals surface area contributed by atoms with Gasteiger partial charge >= 0.3 is 90.3 Å². The van der Waals surface area contributed by atoms with Gasteiger partial charge in [0.25, 0.3) is 0 Å². The van der Waals surface area contributed by atoms with Crippen molar-refractivity contribution in [2.75, 3.05) is 35.4 Å². The number of hydrogen-bond acceptors (Lipinski definition) is 4. The molecule has 0 aliphatic heterocycles. The summed E-state index contributed by atoms with van der Waals surface area (Å²) in [5.74, 6) is 1.21. The summed E-state index contributed by atoms with van der Waals surface area (Å²) in [6.45, 7) is 0. The van der Waals surface area contributed by atoms with Gasteiger partial charge in [0, 0.05) is 0 Å². The molecule has 0 aromatic heterocycles. The molecule has 0 N–H and O–H groups in total. The van der Waals surface area contributed by atoms with Gasteiger partial charge in [-0.05, 0) is 21.1 Å². The van der Waals surface area contributed by atoms with E-state index in [1.807, 2.05) is 32.1 Å². The summed E-state index contributed by atoms with van der Waals surface area (Å²) in [4.78, 5) is 2.00. The molecule has 1 aromatic rings. The average Bonchev–Trinajstić information content (AvgIpc) is 2.27. The Balaban J connectivity index is 0.000000557. The molecule has 1 aromatic carbocycles. The van der Waals surface area contributed by atoms with Crippen LogP contribution in [-0.4, -0.2) is 62.8 Å². The third-order valence-corrected chi connectivity index (χ3v) is 2.98. The third kappa shape index (κ3) is 5.28. The van der Waals surface area contributed by atoms with E-state index in [9.17, 15) is 0 Å². The van der Waals surface area contributed by atoms with Crippen molar-refractivity contribution >= 4 is 26.1 Å². The first-order chi connectivity index (χ1) is 7.97. The second kappa shape index (κ2) is 8.20. The van der Waals surface area contributed by atoms with E-state index in [1.165, 1.54) is 0 Å². The van der Waals surface area contributed by atoms with Gasteiger partial charge in [-0.15, -0.1) is 0 Å². The molecule has 0 heterocycles. The molecule has 0 saturated heterocycles. The molecule has 0 unspecified atom stereocenters. The van der Waals surface area contributed by atoms with Crippen LogP contribution in [0.5, 0.6) is 11.5 Å². The van der Waals surface area contributed by atoms with Gasteiger partial charge in [0.2, 0.25) is 0 Å². The fourth-order valence-electron chi connectivity index (χ4n) is 1.08. The Morgan fingerprint density at radius 2 is 1.71 bits per heavy atom. The molecule has 0 spiro atoms.